The smallest absolute Gasteiger partial charge is 0.181 e. The van der Waals surface area contributed by atoms with Crippen LogP contribution in [0.25, 0.3) is 33.3 Å². The number of pyridine rings is 1. The van der Waals surface area contributed by atoms with Crippen LogP contribution in [0.4, 0.5) is 0 Å². The van der Waals surface area contributed by atoms with Crippen LogP contribution in [-0.4, -0.2) is 49.1 Å². The first kappa shape index (κ1) is 17.5. The monoisotopic (exact) mass is 414 g/mol. The molecule has 0 amide bonds. The first-order valence-electron chi connectivity index (χ1n) is 9.02. The Labute approximate surface area is 165 Å². The van der Waals surface area contributed by atoms with Gasteiger partial charge in [0.2, 0.25) is 0 Å². The van der Waals surface area contributed by atoms with E-state index < -0.39 is 9.84 Å². The van der Waals surface area contributed by atoms with Crippen molar-refractivity contribution in [3.05, 3.63) is 35.6 Å². The lowest BCUT2D eigenvalue weighted by atomic mass is 10.2. The molecule has 1 fully saturated rings. The third-order valence-electron chi connectivity index (χ3n) is 5.19. The molecule has 0 saturated carbocycles. The summed E-state index contributed by atoms with van der Waals surface area (Å²) in [5.41, 5.74) is 3.18. The predicted octanol–water partition coefficient (Wildman–Crippen LogP) is 2.83. The molecule has 1 atom stereocenters. The molecular weight excluding hydrogens is 396 g/mol. The Morgan fingerprint density at radius 1 is 1.36 bits per heavy atom. The molecule has 1 unspecified atom stereocenters. The van der Waals surface area contributed by atoms with E-state index in [1.807, 2.05) is 29.0 Å². The number of sulfone groups is 1. The van der Waals surface area contributed by atoms with Crippen molar-refractivity contribution < 1.29 is 8.42 Å². The standard InChI is InChI=1S/C18H18N6O2S2/c1-11-8-20-17(24(11)9-12-4-3-7-28(12,25)26)18-21-14(10-27-18)15-13-5-2-6-19-16(13)23-22-15/h2,5-6,8,10,12H,3-4,7,9H2,1H3,(H,19,22,23). The Morgan fingerprint density at radius 2 is 2.25 bits per heavy atom. The summed E-state index contributed by atoms with van der Waals surface area (Å²) in [6, 6.07) is 3.82. The summed E-state index contributed by atoms with van der Waals surface area (Å²) < 4.78 is 26.5. The number of aryl methyl sites for hydroxylation is 1. The van der Waals surface area contributed by atoms with Crippen LogP contribution >= 0.6 is 11.3 Å². The number of fused-ring (bicyclic) bond motifs is 1. The van der Waals surface area contributed by atoms with Gasteiger partial charge in [-0.3, -0.25) is 5.10 Å². The van der Waals surface area contributed by atoms with E-state index in [2.05, 4.69) is 20.2 Å². The van der Waals surface area contributed by atoms with Crippen LogP contribution in [0.1, 0.15) is 18.5 Å². The molecule has 5 heterocycles. The van der Waals surface area contributed by atoms with Crippen LogP contribution < -0.4 is 0 Å². The Bertz CT molecular complexity index is 1270. The van der Waals surface area contributed by atoms with Crippen molar-refractivity contribution in [3.63, 3.8) is 0 Å². The molecule has 1 saturated heterocycles. The molecule has 144 valence electrons. The molecule has 10 heteroatoms. The number of aromatic amines is 1. The fourth-order valence-electron chi connectivity index (χ4n) is 3.67. The first-order valence-corrected chi connectivity index (χ1v) is 11.6. The van der Waals surface area contributed by atoms with Crippen LogP contribution in [0.5, 0.6) is 0 Å². The summed E-state index contributed by atoms with van der Waals surface area (Å²) in [6.07, 6.45) is 4.91. The van der Waals surface area contributed by atoms with Gasteiger partial charge in [0, 0.05) is 35.4 Å². The Hall–Kier alpha value is -2.59. The molecule has 4 aromatic heterocycles. The van der Waals surface area contributed by atoms with E-state index >= 15 is 0 Å². The quantitative estimate of drug-likeness (QED) is 0.550. The number of imidazole rings is 1. The fraction of sp³-hybridized carbons (Fsp3) is 0.333. The lowest BCUT2D eigenvalue weighted by molar-refractivity contribution is 0.564. The van der Waals surface area contributed by atoms with Crippen LogP contribution in [0, 0.1) is 6.92 Å². The van der Waals surface area contributed by atoms with Crippen LogP contribution in [0.2, 0.25) is 0 Å². The molecule has 4 aromatic rings. The van der Waals surface area contributed by atoms with E-state index in [4.69, 9.17) is 4.98 Å². The van der Waals surface area contributed by atoms with Crippen molar-refractivity contribution in [3.8, 4) is 22.2 Å². The molecule has 0 spiro atoms. The van der Waals surface area contributed by atoms with Crippen molar-refractivity contribution in [1.29, 1.82) is 0 Å². The molecule has 0 aromatic carbocycles. The maximum absolute atomic E-state index is 12.3. The van der Waals surface area contributed by atoms with Gasteiger partial charge in [-0.15, -0.1) is 11.3 Å². The average Bonchev–Trinajstić information content (AvgIpc) is 3.43. The summed E-state index contributed by atoms with van der Waals surface area (Å²) >= 11 is 1.48. The molecule has 5 rings (SSSR count). The van der Waals surface area contributed by atoms with Crippen molar-refractivity contribution in [2.24, 2.45) is 0 Å². The van der Waals surface area contributed by atoms with Gasteiger partial charge in [-0.2, -0.15) is 5.10 Å². The van der Waals surface area contributed by atoms with Crippen molar-refractivity contribution in [2.75, 3.05) is 5.75 Å². The van der Waals surface area contributed by atoms with Gasteiger partial charge in [-0.05, 0) is 31.9 Å². The number of thiazole rings is 1. The van der Waals surface area contributed by atoms with E-state index in [9.17, 15) is 8.42 Å². The second-order valence-electron chi connectivity index (χ2n) is 6.98. The third-order valence-corrected chi connectivity index (χ3v) is 8.28. The van der Waals surface area contributed by atoms with E-state index in [1.54, 1.807) is 12.4 Å². The first-order chi connectivity index (χ1) is 13.5. The minimum Gasteiger partial charge on any atom is -0.325 e. The molecule has 28 heavy (non-hydrogen) atoms. The summed E-state index contributed by atoms with van der Waals surface area (Å²) in [6.45, 7) is 2.37. The van der Waals surface area contributed by atoms with Gasteiger partial charge < -0.3 is 4.57 Å². The molecule has 1 aliphatic rings. The van der Waals surface area contributed by atoms with Crippen LogP contribution in [0.15, 0.2) is 29.9 Å². The number of hydrogen-bond acceptors (Lipinski definition) is 7. The number of nitrogens with zero attached hydrogens (tertiary/aromatic N) is 5. The molecule has 1 aliphatic heterocycles. The van der Waals surface area contributed by atoms with Crippen LogP contribution in [0.3, 0.4) is 0 Å². The summed E-state index contributed by atoms with van der Waals surface area (Å²) in [5.74, 6) is 0.987. The Kier molecular flexibility index (Phi) is 4.06. The van der Waals surface area contributed by atoms with Crippen molar-refractivity contribution >= 4 is 32.2 Å². The maximum Gasteiger partial charge on any atom is 0.181 e. The van der Waals surface area contributed by atoms with Gasteiger partial charge in [-0.1, -0.05) is 0 Å². The lowest BCUT2D eigenvalue weighted by Crippen LogP contribution is -2.23. The number of aromatic nitrogens is 6. The predicted molar refractivity (Wildman–Crippen MR) is 108 cm³/mol. The molecule has 0 radical (unpaired) electrons. The highest BCUT2D eigenvalue weighted by Crippen LogP contribution is 2.32. The van der Waals surface area contributed by atoms with Crippen LogP contribution in [-0.2, 0) is 16.4 Å². The van der Waals surface area contributed by atoms with Gasteiger partial charge in [0.1, 0.15) is 5.69 Å². The van der Waals surface area contributed by atoms with Crippen molar-refractivity contribution in [1.82, 2.24) is 29.7 Å². The topological polar surface area (TPSA) is 106 Å². The molecule has 8 nitrogen and oxygen atoms in total. The van der Waals surface area contributed by atoms with Gasteiger partial charge in [0.05, 0.1) is 16.7 Å². The second kappa shape index (κ2) is 6.49. The summed E-state index contributed by atoms with van der Waals surface area (Å²) in [5, 5.41) is 10.5. The third kappa shape index (κ3) is 2.83. The highest BCUT2D eigenvalue weighted by Gasteiger charge is 2.32. The largest absolute Gasteiger partial charge is 0.325 e. The maximum atomic E-state index is 12.3. The number of H-pyrrole nitrogens is 1. The molecule has 0 aliphatic carbocycles. The zero-order chi connectivity index (χ0) is 19.3. The highest BCUT2D eigenvalue weighted by atomic mass is 32.2. The highest BCUT2D eigenvalue weighted by molar-refractivity contribution is 7.92. The summed E-state index contributed by atoms with van der Waals surface area (Å²) in [7, 11) is -3.02. The Balaban J connectivity index is 1.52. The second-order valence-corrected chi connectivity index (χ2v) is 10.2. The Morgan fingerprint density at radius 3 is 3.07 bits per heavy atom. The van der Waals surface area contributed by atoms with Gasteiger partial charge in [0.25, 0.3) is 0 Å². The van der Waals surface area contributed by atoms with Gasteiger partial charge in [-0.25, -0.2) is 23.4 Å². The fourth-order valence-corrected chi connectivity index (χ4v) is 6.28. The molecular formula is C18H18N6O2S2. The van der Waals surface area contributed by atoms with Gasteiger partial charge >= 0.3 is 0 Å². The lowest BCUT2D eigenvalue weighted by Gasteiger charge is -2.13. The van der Waals surface area contributed by atoms with E-state index in [1.165, 1.54) is 11.3 Å². The summed E-state index contributed by atoms with van der Waals surface area (Å²) in [4.78, 5) is 13.5. The number of rotatable bonds is 4. The minimum absolute atomic E-state index is 0.281. The average molecular weight is 415 g/mol. The molecule has 1 N–H and O–H groups in total. The minimum atomic E-state index is -3.02. The van der Waals surface area contributed by atoms with Crippen molar-refractivity contribution in [2.45, 2.75) is 31.6 Å². The van der Waals surface area contributed by atoms with Gasteiger partial charge in [0.15, 0.2) is 26.3 Å². The SMILES string of the molecule is Cc1cnc(-c2nc(-c3[nH]nc4ncccc34)cs2)n1CC1CCCS1(=O)=O. The zero-order valence-corrected chi connectivity index (χ0v) is 16.8. The number of nitrogens with one attached hydrogen (secondary N) is 1. The van der Waals surface area contributed by atoms with E-state index in [-0.39, 0.29) is 11.0 Å². The molecule has 0 bridgehead atoms. The van der Waals surface area contributed by atoms with E-state index in [0.29, 0.717) is 24.4 Å². The van der Waals surface area contributed by atoms with E-state index in [0.717, 1.165) is 33.9 Å². The number of hydrogen-bond donors (Lipinski definition) is 1. The zero-order valence-electron chi connectivity index (χ0n) is 15.2. The normalized spacial score (nSPS) is 18.8.